The molecule has 1 aliphatic heterocycles. The molecule has 2 aromatic rings. The molecule has 1 saturated heterocycles. The van der Waals surface area contributed by atoms with Gasteiger partial charge >= 0.3 is 6.09 Å². The Morgan fingerprint density at radius 3 is 2.52 bits per heavy atom. The lowest BCUT2D eigenvalue weighted by molar-refractivity contribution is 0.0199. The number of benzene rings is 1. The lowest BCUT2D eigenvalue weighted by Crippen LogP contribution is -2.41. The summed E-state index contributed by atoms with van der Waals surface area (Å²) in [7, 11) is 0. The van der Waals surface area contributed by atoms with E-state index in [9.17, 15) is 4.79 Å². The molecule has 134 valence electrons. The minimum Gasteiger partial charge on any atom is -0.444 e. The van der Waals surface area contributed by atoms with Crippen molar-refractivity contribution in [3.8, 4) is 0 Å². The van der Waals surface area contributed by atoms with Gasteiger partial charge in [-0.25, -0.2) is 9.78 Å². The number of rotatable bonds is 2. The average Bonchev–Trinajstić information content (AvgIpc) is 3.32. The van der Waals surface area contributed by atoms with Crippen LogP contribution in [0.1, 0.15) is 69.7 Å². The highest BCUT2D eigenvalue weighted by atomic mass is 16.6. The van der Waals surface area contributed by atoms with Crippen LogP contribution in [0.25, 0.3) is 11.1 Å². The summed E-state index contributed by atoms with van der Waals surface area (Å²) in [5, 5.41) is 0. The van der Waals surface area contributed by atoms with Crippen LogP contribution in [0.5, 0.6) is 0 Å². The molecule has 1 aliphatic carbocycles. The van der Waals surface area contributed by atoms with E-state index in [-0.39, 0.29) is 12.0 Å². The second-order valence-electron chi connectivity index (χ2n) is 8.30. The van der Waals surface area contributed by atoms with Gasteiger partial charge in [0.1, 0.15) is 11.1 Å². The summed E-state index contributed by atoms with van der Waals surface area (Å²) in [4.78, 5) is 18.6. The van der Waals surface area contributed by atoms with Crippen LogP contribution in [0.15, 0.2) is 22.6 Å². The number of piperidine rings is 1. The van der Waals surface area contributed by atoms with Crippen molar-refractivity contribution in [1.29, 1.82) is 0 Å². The maximum atomic E-state index is 12.2. The van der Waals surface area contributed by atoms with Gasteiger partial charge in [-0.3, -0.25) is 0 Å². The third-order valence-electron chi connectivity index (χ3n) is 4.97. The number of oxazole rings is 1. The number of hydrogen-bond acceptors (Lipinski definition) is 4. The zero-order valence-corrected chi connectivity index (χ0v) is 15.2. The van der Waals surface area contributed by atoms with Crippen LogP contribution in [-0.2, 0) is 4.74 Å². The number of nitrogens with zero attached hydrogens (tertiary/aromatic N) is 2. The molecular formula is C20H26N2O3. The number of carbonyl (C=O) groups excluding carboxylic acids is 1. The van der Waals surface area contributed by atoms with Crippen molar-refractivity contribution < 1.29 is 13.9 Å². The van der Waals surface area contributed by atoms with Gasteiger partial charge in [-0.2, -0.15) is 0 Å². The molecule has 0 radical (unpaired) electrons. The predicted octanol–water partition coefficient (Wildman–Crippen LogP) is 4.82. The summed E-state index contributed by atoms with van der Waals surface area (Å²) in [6, 6.07) is 6.41. The second kappa shape index (κ2) is 6.04. The number of aromatic nitrogens is 1. The number of fused-ring (bicyclic) bond motifs is 1. The quantitative estimate of drug-likeness (QED) is 0.785. The largest absolute Gasteiger partial charge is 0.444 e. The van der Waals surface area contributed by atoms with Gasteiger partial charge in [0, 0.05) is 19.0 Å². The van der Waals surface area contributed by atoms with Crippen molar-refractivity contribution in [3.05, 3.63) is 29.7 Å². The number of hydrogen-bond donors (Lipinski definition) is 0. The highest BCUT2D eigenvalue weighted by molar-refractivity contribution is 5.74. The molecule has 2 heterocycles. The van der Waals surface area contributed by atoms with E-state index < -0.39 is 5.60 Å². The van der Waals surface area contributed by atoms with E-state index in [1.807, 2.05) is 20.8 Å². The lowest BCUT2D eigenvalue weighted by Gasteiger charge is -2.32. The Hall–Kier alpha value is -2.04. The summed E-state index contributed by atoms with van der Waals surface area (Å²) in [5.74, 6) is 1.80. The molecule has 2 fully saturated rings. The molecule has 0 N–H and O–H groups in total. The molecule has 0 atom stereocenters. The highest BCUT2D eigenvalue weighted by Crippen LogP contribution is 2.41. The summed E-state index contributed by atoms with van der Waals surface area (Å²) < 4.78 is 11.5. The minimum absolute atomic E-state index is 0.224. The smallest absolute Gasteiger partial charge is 0.410 e. The van der Waals surface area contributed by atoms with Crippen LogP contribution in [0.3, 0.4) is 0 Å². The Morgan fingerprint density at radius 2 is 1.88 bits per heavy atom. The maximum Gasteiger partial charge on any atom is 0.410 e. The van der Waals surface area contributed by atoms with Crippen LogP contribution in [0.2, 0.25) is 0 Å². The summed E-state index contributed by atoms with van der Waals surface area (Å²) in [6.07, 6.45) is 4.08. The first-order valence-electron chi connectivity index (χ1n) is 9.27. The average molecular weight is 342 g/mol. The van der Waals surface area contributed by atoms with Crippen molar-refractivity contribution in [2.75, 3.05) is 13.1 Å². The van der Waals surface area contributed by atoms with Crippen LogP contribution >= 0.6 is 0 Å². The topological polar surface area (TPSA) is 55.6 Å². The van der Waals surface area contributed by atoms with Gasteiger partial charge < -0.3 is 14.1 Å². The first-order valence-corrected chi connectivity index (χ1v) is 9.27. The fourth-order valence-electron chi connectivity index (χ4n) is 3.44. The molecule has 5 nitrogen and oxygen atoms in total. The Morgan fingerprint density at radius 1 is 1.16 bits per heavy atom. The third-order valence-corrected chi connectivity index (χ3v) is 4.97. The van der Waals surface area contributed by atoms with E-state index in [2.05, 4.69) is 23.2 Å². The first-order chi connectivity index (χ1) is 11.9. The maximum absolute atomic E-state index is 12.2. The molecular weight excluding hydrogens is 316 g/mol. The van der Waals surface area contributed by atoms with Gasteiger partial charge in [0.15, 0.2) is 11.5 Å². The predicted molar refractivity (Wildman–Crippen MR) is 95.8 cm³/mol. The van der Waals surface area contributed by atoms with Crippen molar-refractivity contribution in [1.82, 2.24) is 9.88 Å². The van der Waals surface area contributed by atoms with Crippen molar-refractivity contribution in [3.63, 3.8) is 0 Å². The molecule has 4 rings (SSSR count). The van der Waals surface area contributed by atoms with E-state index in [1.165, 1.54) is 18.4 Å². The Kier molecular flexibility index (Phi) is 3.97. The Balaban J connectivity index is 1.42. The van der Waals surface area contributed by atoms with Crippen LogP contribution < -0.4 is 0 Å². The molecule has 2 aliphatic rings. The molecule has 0 bridgehead atoms. The SMILES string of the molecule is CC(C)(C)OC(=O)N1CCC(c2nc3ccc(C4CC4)cc3o2)CC1. The van der Waals surface area contributed by atoms with E-state index >= 15 is 0 Å². The molecule has 25 heavy (non-hydrogen) atoms. The zero-order valence-electron chi connectivity index (χ0n) is 15.2. The van der Waals surface area contributed by atoms with Gasteiger partial charge in [0.05, 0.1) is 0 Å². The molecule has 5 heteroatoms. The number of ether oxygens (including phenoxy) is 1. The van der Waals surface area contributed by atoms with E-state index in [1.54, 1.807) is 4.90 Å². The molecule has 1 amide bonds. The van der Waals surface area contributed by atoms with Crippen molar-refractivity contribution >= 4 is 17.2 Å². The van der Waals surface area contributed by atoms with E-state index in [4.69, 9.17) is 9.15 Å². The van der Waals surface area contributed by atoms with Gasteiger partial charge in [-0.05, 0) is 70.1 Å². The van der Waals surface area contributed by atoms with Gasteiger partial charge in [0.2, 0.25) is 0 Å². The monoisotopic (exact) mass is 342 g/mol. The molecule has 1 saturated carbocycles. The minimum atomic E-state index is -0.451. The van der Waals surface area contributed by atoms with Crippen molar-refractivity contribution in [2.45, 2.75) is 63.9 Å². The molecule has 1 aromatic heterocycles. The van der Waals surface area contributed by atoms with Gasteiger partial charge in [0.25, 0.3) is 0 Å². The fourth-order valence-corrected chi connectivity index (χ4v) is 3.44. The normalized spacial score (nSPS) is 19.4. The summed E-state index contributed by atoms with van der Waals surface area (Å²) in [5.41, 5.74) is 2.76. The molecule has 0 spiro atoms. The van der Waals surface area contributed by atoms with Crippen LogP contribution in [0, 0.1) is 0 Å². The van der Waals surface area contributed by atoms with Gasteiger partial charge in [-0.1, -0.05) is 6.07 Å². The first kappa shape index (κ1) is 16.4. The second-order valence-corrected chi connectivity index (χ2v) is 8.30. The third kappa shape index (κ3) is 3.65. The standard InChI is InChI=1S/C20H26N2O3/c1-20(2,3)25-19(23)22-10-8-14(9-11-22)18-21-16-7-6-15(13-4-5-13)12-17(16)24-18/h6-7,12-14H,4-5,8-11H2,1-3H3. The Labute approximate surface area is 148 Å². The molecule has 0 unspecified atom stereocenters. The van der Waals surface area contributed by atoms with Crippen LogP contribution in [-0.4, -0.2) is 34.7 Å². The summed E-state index contributed by atoms with van der Waals surface area (Å²) >= 11 is 0. The summed E-state index contributed by atoms with van der Waals surface area (Å²) in [6.45, 7) is 7.06. The fraction of sp³-hybridized carbons (Fsp3) is 0.600. The highest BCUT2D eigenvalue weighted by Gasteiger charge is 2.30. The van der Waals surface area contributed by atoms with Crippen molar-refractivity contribution in [2.24, 2.45) is 0 Å². The number of likely N-dealkylation sites (tertiary alicyclic amines) is 1. The number of carbonyl (C=O) groups is 1. The van der Waals surface area contributed by atoms with E-state index in [0.717, 1.165) is 35.7 Å². The molecule has 1 aromatic carbocycles. The van der Waals surface area contributed by atoms with E-state index in [0.29, 0.717) is 13.1 Å². The zero-order chi connectivity index (χ0) is 17.6. The Bertz CT molecular complexity index is 778. The number of amides is 1. The lowest BCUT2D eigenvalue weighted by atomic mass is 9.97. The van der Waals surface area contributed by atoms with Gasteiger partial charge in [-0.15, -0.1) is 0 Å². The van der Waals surface area contributed by atoms with Crippen LogP contribution in [0.4, 0.5) is 4.79 Å².